The molecule has 0 aliphatic heterocycles. The Balaban J connectivity index is 1.83. The molecule has 0 aliphatic carbocycles. The van der Waals surface area contributed by atoms with E-state index < -0.39 is 6.04 Å². The molecule has 1 unspecified atom stereocenters. The highest BCUT2D eigenvalue weighted by Gasteiger charge is 2.23. The standard InChI is InChI=1S/C17H13Cl3N4O/c18-12-9-13(19)15(14(20)10-12)22-23-17(25)16(24-8-4-7-21-24)11-5-2-1-3-6-11/h1-10,16,22H,(H,23,25). The summed E-state index contributed by atoms with van der Waals surface area (Å²) in [5.41, 5.74) is 6.54. The van der Waals surface area contributed by atoms with E-state index in [-0.39, 0.29) is 5.91 Å². The molecule has 25 heavy (non-hydrogen) atoms. The van der Waals surface area contributed by atoms with Crippen LogP contribution in [0, 0.1) is 0 Å². The third kappa shape index (κ3) is 4.07. The number of hydrogen-bond donors (Lipinski definition) is 2. The van der Waals surface area contributed by atoms with Crippen LogP contribution in [0.1, 0.15) is 11.6 Å². The summed E-state index contributed by atoms with van der Waals surface area (Å²) < 4.78 is 1.57. The first-order valence-electron chi connectivity index (χ1n) is 7.31. The summed E-state index contributed by atoms with van der Waals surface area (Å²) in [5.74, 6) is -0.322. The van der Waals surface area contributed by atoms with Gasteiger partial charge in [-0.25, -0.2) is 0 Å². The van der Waals surface area contributed by atoms with Crippen LogP contribution in [-0.4, -0.2) is 15.7 Å². The van der Waals surface area contributed by atoms with E-state index in [4.69, 9.17) is 34.8 Å². The zero-order chi connectivity index (χ0) is 17.8. The third-order valence-corrected chi connectivity index (χ3v) is 4.29. The van der Waals surface area contributed by atoms with Crippen LogP contribution in [0.3, 0.4) is 0 Å². The average molecular weight is 396 g/mol. The van der Waals surface area contributed by atoms with E-state index in [1.807, 2.05) is 30.3 Å². The Bertz CT molecular complexity index is 846. The van der Waals surface area contributed by atoms with Gasteiger partial charge in [0.25, 0.3) is 5.91 Å². The second-order valence-electron chi connectivity index (χ2n) is 5.16. The van der Waals surface area contributed by atoms with Gasteiger partial charge in [0.2, 0.25) is 0 Å². The van der Waals surface area contributed by atoms with Crippen molar-refractivity contribution >= 4 is 46.4 Å². The Kier molecular flexibility index (Phi) is 5.48. The van der Waals surface area contributed by atoms with Gasteiger partial charge in [-0.05, 0) is 23.8 Å². The number of nitrogens with one attached hydrogen (secondary N) is 2. The van der Waals surface area contributed by atoms with Crippen LogP contribution in [0.5, 0.6) is 0 Å². The SMILES string of the molecule is O=C(NNc1c(Cl)cc(Cl)cc1Cl)C(c1ccccc1)n1cccn1. The Morgan fingerprint density at radius 2 is 1.72 bits per heavy atom. The molecule has 8 heteroatoms. The second-order valence-corrected chi connectivity index (χ2v) is 6.41. The highest BCUT2D eigenvalue weighted by atomic mass is 35.5. The minimum absolute atomic E-state index is 0.299. The van der Waals surface area contributed by atoms with E-state index in [2.05, 4.69) is 16.0 Å². The highest BCUT2D eigenvalue weighted by Crippen LogP contribution is 2.33. The molecule has 1 amide bonds. The summed E-state index contributed by atoms with van der Waals surface area (Å²) in [5, 5.41) is 5.18. The maximum Gasteiger partial charge on any atom is 0.267 e. The van der Waals surface area contributed by atoms with Crippen molar-refractivity contribution < 1.29 is 4.79 Å². The number of carbonyl (C=O) groups excluding carboxylic acids is 1. The lowest BCUT2D eigenvalue weighted by molar-refractivity contribution is -0.122. The van der Waals surface area contributed by atoms with Gasteiger partial charge >= 0.3 is 0 Å². The Morgan fingerprint density at radius 3 is 2.32 bits per heavy atom. The molecule has 1 atom stereocenters. The fraction of sp³-hybridized carbons (Fsp3) is 0.0588. The monoisotopic (exact) mass is 394 g/mol. The number of hydrogen-bond acceptors (Lipinski definition) is 3. The summed E-state index contributed by atoms with van der Waals surface area (Å²) in [6.45, 7) is 0. The zero-order valence-electron chi connectivity index (χ0n) is 12.8. The highest BCUT2D eigenvalue weighted by molar-refractivity contribution is 6.41. The molecule has 0 bridgehead atoms. The molecule has 1 aromatic heterocycles. The van der Waals surface area contributed by atoms with E-state index >= 15 is 0 Å². The molecule has 3 rings (SSSR count). The van der Waals surface area contributed by atoms with Gasteiger partial charge in [0.15, 0.2) is 6.04 Å². The van der Waals surface area contributed by atoms with Crippen molar-refractivity contribution in [2.45, 2.75) is 6.04 Å². The average Bonchev–Trinajstić information content (AvgIpc) is 3.09. The molecule has 0 radical (unpaired) electrons. The third-order valence-electron chi connectivity index (χ3n) is 3.47. The van der Waals surface area contributed by atoms with Crippen molar-refractivity contribution in [2.75, 3.05) is 5.43 Å². The lowest BCUT2D eigenvalue weighted by Gasteiger charge is -2.19. The molecule has 2 aromatic carbocycles. The van der Waals surface area contributed by atoms with Gasteiger partial charge in [-0.15, -0.1) is 0 Å². The molecular formula is C17H13Cl3N4O. The fourth-order valence-corrected chi connectivity index (χ4v) is 3.26. The van der Waals surface area contributed by atoms with Crippen molar-refractivity contribution in [3.8, 4) is 0 Å². The van der Waals surface area contributed by atoms with Crippen LogP contribution in [0.15, 0.2) is 60.9 Å². The van der Waals surface area contributed by atoms with Crippen molar-refractivity contribution in [1.82, 2.24) is 15.2 Å². The fourth-order valence-electron chi connectivity index (χ4n) is 2.35. The quantitative estimate of drug-likeness (QED) is 0.622. The Morgan fingerprint density at radius 1 is 1.04 bits per heavy atom. The number of hydrazine groups is 1. The van der Waals surface area contributed by atoms with Crippen LogP contribution in [-0.2, 0) is 4.79 Å². The Hall–Kier alpha value is -2.21. The maximum atomic E-state index is 12.8. The number of benzene rings is 2. The molecule has 0 saturated heterocycles. The van der Waals surface area contributed by atoms with Gasteiger partial charge < -0.3 is 0 Å². The summed E-state index contributed by atoms with van der Waals surface area (Å²) in [7, 11) is 0. The molecule has 5 nitrogen and oxygen atoms in total. The lowest BCUT2D eigenvalue weighted by Crippen LogP contribution is -2.37. The van der Waals surface area contributed by atoms with Gasteiger partial charge in [-0.1, -0.05) is 65.1 Å². The topological polar surface area (TPSA) is 59.0 Å². The molecule has 0 fully saturated rings. The van der Waals surface area contributed by atoms with Gasteiger partial charge in [-0.2, -0.15) is 5.10 Å². The second kappa shape index (κ2) is 7.78. The predicted octanol–water partition coefficient (Wildman–Crippen LogP) is 4.58. The number of aromatic nitrogens is 2. The minimum Gasteiger partial charge on any atom is -0.295 e. The first-order valence-corrected chi connectivity index (χ1v) is 8.44. The smallest absolute Gasteiger partial charge is 0.267 e. The summed E-state index contributed by atoms with van der Waals surface area (Å²) in [6.07, 6.45) is 3.34. The van der Waals surface area contributed by atoms with Gasteiger partial charge in [0, 0.05) is 17.4 Å². The van der Waals surface area contributed by atoms with E-state index in [1.165, 1.54) is 12.1 Å². The lowest BCUT2D eigenvalue weighted by atomic mass is 10.1. The number of anilines is 1. The van der Waals surface area contributed by atoms with E-state index in [0.29, 0.717) is 20.8 Å². The van der Waals surface area contributed by atoms with E-state index in [9.17, 15) is 4.79 Å². The molecule has 1 heterocycles. The number of halogens is 3. The molecule has 0 aliphatic rings. The number of rotatable bonds is 5. The summed E-state index contributed by atoms with van der Waals surface area (Å²) in [6, 6.07) is 13.5. The largest absolute Gasteiger partial charge is 0.295 e. The molecule has 128 valence electrons. The van der Waals surface area contributed by atoms with Gasteiger partial charge in [-0.3, -0.25) is 20.3 Å². The zero-order valence-corrected chi connectivity index (χ0v) is 15.1. The predicted molar refractivity (Wildman–Crippen MR) is 100 cm³/mol. The molecule has 2 N–H and O–H groups in total. The van der Waals surface area contributed by atoms with Crippen LogP contribution in [0.25, 0.3) is 0 Å². The van der Waals surface area contributed by atoms with Crippen molar-refractivity contribution in [3.63, 3.8) is 0 Å². The molecule has 0 saturated carbocycles. The van der Waals surface area contributed by atoms with Crippen molar-refractivity contribution in [2.24, 2.45) is 0 Å². The summed E-state index contributed by atoms with van der Waals surface area (Å²) in [4.78, 5) is 12.8. The number of nitrogens with zero attached hydrogens (tertiary/aromatic N) is 2. The first-order chi connectivity index (χ1) is 12.1. The van der Waals surface area contributed by atoms with E-state index in [0.717, 1.165) is 5.56 Å². The van der Waals surface area contributed by atoms with Crippen LogP contribution in [0.4, 0.5) is 5.69 Å². The van der Waals surface area contributed by atoms with E-state index in [1.54, 1.807) is 23.1 Å². The van der Waals surface area contributed by atoms with Crippen LogP contribution >= 0.6 is 34.8 Å². The number of amides is 1. The Labute approximate surface area is 159 Å². The molecule has 3 aromatic rings. The minimum atomic E-state index is -0.645. The van der Waals surface area contributed by atoms with Crippen LogP contribution < -0.4 is 10.9 Å². The van der Waals surface area contributed by atoms with Gasteiger partial charge in [0.1, 0.15) is 0 Å². The number of carbonyl (C=O) groups is 1. The van der Waals surface area contributed by atoms with Gasteiger partial charge in [0.05, 0.1) is 15.7 Å². The molecular weight excluding hydrogens is 383 g/mol. The normalized spacial score (nSPS) is 11.8. The first kappa shape index (κ1) is 17.6. The summed E-state index contributed by atoms with van der Waals surface area (Å²) >= 11 is 18.1. The van der Waals surface area contributed by atoms with Crippen LogP contribution in [0.2, 0.25) is 15.1 Å². The molecule has 0 spiro atoms. The maximum absolute atomic E-state index is 12.8. The van der Waals surface area contributed by atoms with Crippen molar-refractivity contribution in [3.05, 3.63) is 81.6 Å². The van der Waals surface area contributed by atoms with Crippen molar-refractivity contribution in [1.29, 1.82) is 0 Å².